The fourth-order valence-electron chi connectivity index (χ4n) is 1.89. The van der Waals surface area contributed by atoms with Crippen molar-refractivity contribution in [1.29, 1.82) is 0 Å². The highest BCUT2D eigenvalue weighted by molar-refractivity contribution is 5.21. The molecule has 0 radical (unpaired) electrons. The summed E-state index contributed by atoms with van der Waals surface area (Å²) in [6.45, 7) is 7.22. The van der Waals surface area contributed by atoms with Crippen LogP contribution in [0.15, 0.2) is 30.3 Å². The highest BCUT2D eigenvalue weighted by Gasteiger charge is 2.00. The van der Waals surface area contributed by atoms with Gasteiger partial charge < -0.3 is 0 Å². The first kappa shape index (κ1) is 10.9. The zero-order valence-electron chi connectivity index (χ0n) is 10.2. The lowest BCUT2D eigenvalue weighted by atomic mass is 10.1. The summed E-state index contributed by atoms with van der Waals surface area (Å²) >= 11 is 0. The Kier molecular flexibility index (Phi) is 3.09. The molecule has 0 saturated heterocycles. The first-order chi connectivity index (χ1) is 7.65. The molecule has 16 heavy (non-hydrogen) atoms. The molecule has 0 fully saturated rings. The van der Waals surface area contributed by atoms with Crippen LogP contribution in [0.3, 0.4) is 0 Å². The van der Waals surface area contributed by atoms with E-state index in [0.29, 0.717) is 0 Å². The molecule has 1 aromatic carbocycles. The van der Waals surface area contributed by atoms with Gasteiger partial charge in [0.05, 0.1) is 5.69 Å². The molecule has 0 atom stereocenters. The third-order valence-corrected chi connectivity index (χ3v) is 2.84. The van der Waals surface area contributed by atoms with Crippen molar-refractivity contribution in [3.8, 4) is 0 Å². The number of hydrogen-bond acceptors (Lipinski definition) is 1. The molecule has 0 unspecified atom stereocenters. The molecule has 0 bridgehead atoms. The molecule has 0 aliphatic heterocycles. The predicted molar refractivity (Wildman–Crippen MR) is 66.6 cm³/mol. The zero-order valence-corrected chi connectivity index (χ0v) is 10.2. The summed E-state index contributed by atoms with van der Waals surface area (Å²) < 4.78 is 2.08. The molecule has 0 N–H and O–H groups in total. The molecule has 2 aromatic rings. The topological polar surface area (TPSA) is 17.8 Å². The highest BCUT2D eigenvalue weighted by Crippen LogP contribution is 2.07. The van der Waals surface area contributed by atoms with Gasteiger partial charge in [0.25, 0.3) is 0 Å². The molecule has 0 aliphatic carbocycles. The quantitative estimate of drug-likeness (QED) is 0.768. The van der Waals surface area contributed by atoms with Crippen molar-refractivity contribution in [2.45, 2.75) is 33.7 Å². The SMILES string of the molecule is Cc1ccc(CCn2nc(C)cc2C)cc1. The molecular formula is C14H18N2. The van der Waals surface area contributed by atoms with Gasteiger partial charge in [0.1, 0.15) is 0 Å². The van der Waals surface area contributed by atoms with Crippen LogP contribution in [0.5, 0.6) is 0 Å². The average molecular weight is 214 g/mol. The van der Waals surface area contributed by atoms with Gasteiger partial charge >= 0.3 is 0 Å². The van der Waals surface area contributed by atoms with E-state index < -0.39 is 0 Å². The minimum Gasteiger partial charge on any atom is -0.269 e. The monoisotopic (exact) mass is 214 g/mol. The minimum atomic E-state index is 0.961. The maximum atomic E-state index is 4.46. The molecule has 2 rings (SSSR count). The molecule has 2 heteroatoms. The summed E-state index contributed by atoms with van der Waals surface area (Å²) in [5.74, 6) is 0. The van der Waals surface area contributed by atoms with E-state index in [1.807, 2.05) is 6.92 Å². The van der Waals surface area contributed by atoms with Crippen molar-refractivity contribution in [2.75, 3.05) is 0 Å². The van der Waals surface area contributed by atoms with Gasteiger partial charge in [-0.1, -0.05) is 29.8 Å². The van der Waals surface area contributed by atoms with Crippen LogP contribution in [0.25, 0.3) is 0 Å². The third kappa shape index (κ3) is 2.51. The Labute approximate surface area is 96.9 Å². The van der Waals surface area contributed by atoms with E-state index >= 15 is 0 Å². The van der Waals surface area contributed by atoms with Gasteiger partial charge in [-0.15, -0.1) is 0 Å². The van der Waals surface area contributed by atoms with Gasteiger partial charge in [-0.25, -0.2) is 0 Å². The normalized spacial score (nSPS) is 10.7. The van der Waals surface area contributed by atoms with E-state index in [0.717, 1.165) is 18.7 Å². The van der Waals surface area contributed by atoms with E-state index in [1.165, 1.54) is 16.8 Å². The van der Waals surface area contributed by atoms with E-state index in [-0.39, 0.29) is 0 Å². The number of aromatic nitrogens is 2. The second-order valence-electron chi connectivity index (χ2n) is 4.39. The standard InChI is InChI=1S/C14H18N2/c1-11-4-6-14(7-5-11)8-9-16-13(3)10-12(2)15-16/h4-7,10H,8-9H2,1-3H3. The summed E-state index contributed by atoms with van der Waals surface area (Å²) in [6, 6.07) is 10.8. The van der Waals surface area contributed by atoms with E-state index in [1.54, 1.807) is 0 Å². The van der Waals surface area contributed by atoms with Gasteiger partial charge in [0.15, 0.2) is 0 Å². The Morgan fingerprint density at radius 3 is 2.31 bits per heavy atom. The molecule has 84 valence electrons. The second kappa shape index (κ2) is 4.52. The molecule has 2 nitrogen and oxygen atoms in total. The first-order valence-electron chi connectivity index (χ1n) is 5.72. The van der Waals surface area contributed by atoms with Crippen molar-refractivity contribution < 1.29 is 0 Å². The Bertz CT molecular complexity index is 466. The fraction of sp³-hybridized carbons (Fsp3) is 0.357. The Morgan fingerprint density at radius 1 is 1.06 bits per heavy atom. The van der Waals surface area contributed by atoms with Crippen molar-refractivity contribution in [3.63, 3.8) is 0 Å². The maximum Gasteiger partial charge on any atom is 0.0596 e. The van der Waals surface area contributed by atoms with E-state index in [9.17, 15) is 0 Å². The smallest absolute Gasteiger partial charge is 0.0596 e. The van der Waals surface area contributed by atoms with Crippen molar-refractivity contribution in [1.82, 2.24) is 9.78 Å². The number of benzene rings is 1. The predicted octanol–water partition coefficient (Wildman–Crippen LogP) is 3.05. The van der Waals surface area contributed by atoms with Gasteiger partial charge in [0.2, 0.25) is 0 Å². The number of rotatable bonds is 3. The van der Waals surface area contributed by atoms with E-state index in [4.69, 9.17) is 0 Å². The first-order valence-corrected chi connectivity index (χ1v) is 5.72. The van der Waals surface area contributed by atoms with Gasteiger partial charge in [-0.05, 0) is 38.8 Å². The molecule has 0 spiro atoms. The van der Waals surface area contributed by atoms with Crippen molar-refractivity contribution in [2.24, 2.45) is 0 Å². The number of aryl methyl sites for hydroxylation is 5. The van der Waals surface area contributed by atoms with Crippen LogP contribution in [0.2, 0.25) is 0 Å². The Hall–Kier alpha value is -1.57. The Morgan fingerprint density at radius 2 is 1.75 bits per heavy atom. The zero-order chi connectivity index (χ0) is 11.5. The largest absolute Gasteiger partial charge is 0.269 e. The summed E-state index contributed by atoms with van der Waals surface area (Å²) in [7, 11) is 0. The molecular weight excluding hydrogens is 196 g/mol. The average Bonchev–Trinajstić information content (AvgIpc) is 2.57. The van der Waals surface area contributed by atoms with Crippen molar-refractivity contribution in [3.05, 3.63) is 52.8 Å². The highest BCUT2D eigenvalue weighted by atomic mass is 15.3. The molecule has 0 saturated carbocycles. The molecule has 1 heterocycles. The van der Waals surface area contributed by atoms with Gasteiger partial charge in [0, 0.05) is 12.2 Å². The maximum absolute atomic E-state index is 4.46. The lowest BCUT2D eigenvalue weighted by molar-refractivity contribution is 0.594. The molecule has 0 aliphatic rings. The lowest BCUT2D eigenvalue weighted by Gasteiger charge is -2.04. The molecule has 1 aromatic heterocycles. The molecule has 0 amide bonds. The van der Waals surface area contributed by atoms with E-state index in [2.05, 4.69) is 54.0 Å². The van der Waals surface area contributed by atoms with Crippen LogP contribution in [0.1, 0.15) is 22.5 Å². The van der Waals surface area contributed by atoms with Crippen LogP contribution >= 0.6 is 0 Å². The summed E-state index contributed by atoms with van der Waals surface area (Å²) in [6.07, 6.45) is 1.04. The fourth-order valence-corrected chi connectivity index (χ4v) is 1.89. The van der Waals surface area contributed by atoms with Crippen LogP contribution in [0.4, 0.5) is 0 Å². The number of hydrogen-bond donors (Lipinski definition) is 0. The van der Waals surface area contributed by atoms with Crippen molar-refractivity contribution >= 4 is 0 Å². The summed E-state index contributed by atoms with van der Waals surface area (Å²) in [5, 5.41) is 4.46. The summed E-state index contributed by atoms with van der Waals surface area (Å²) in [4.78, 5) is 0. The second-order valence-corrected chi connectivity index (χ2v) is 4.39. The van der Waals surface area contributed by atoms with Crippen LogP contribution in [-0.2, 0) is 13.0 Å². The Balaban J connectivity index is 2.02. The van der Waals surface area contributed by atoms with Gasteiger partial charge in [-0.2, -0.15) is 5.10 Å². The minimum absolute atomic E-state index is 0.961. The lowest BCUT2D eigenvalue weighted by Crippen LogP contribution is -2.05. The van der Waals surface area contributed by atoms with Crippen LogP contribution in [-0.4, -0.2) is 9.78 Å². The van der Waals surface area contributed by atoms with Crippen LogP contribution < -0.4 is 0 Å². The summed E-state index contributed by atoms with van der Waals surface area (Å²) in [5.41, 5.74) is 5.03. The third-order valence-electron chi connectivity index (χ3n) is 2.84. The number of nitrogens with zero attached hydrogens (tertiary/aromatic N) is 2. The van der Waals surface area contributed by atoms with Crippen LogP contribution in [0, 0.1) is 20.8 Å². The van der Waals surface area contributed by atoms with Gasteiger partial charge in [-0.3, -0.25) is 4.68 Å².